The zero-order valence-corrected chi connectivity index (χ0v) is 12.1. The fourth-order valence-electron chi connectivity index (χ4n) is 2.10. The number of hydrogen-bond acceptors (Lipinski definition) is 2. The van der Waals surface area contributed by atoms with Crippen molar-refractivity contribution in [3.63, 3.8) is 0 Å². The minimum atomic E-state index is -0.935. The Kier molecular flexibility index (Phi) is 4.30. The van der Waals surface area contributed by atoms with Gasteiger partial charge in [0.2, 0.25) is 0 Å². The molecule has 20 heavy (non-hydrogen) atoms. The van der Waals surface area contributed by atoms with E-state index in [9.17, 15) is 9.90 Å². The van der Waals surface area contributed by atoms with Crippen LogP contribution in [-0.4, -0.2) is 11.1 Å². The van der Waals surface area contributed by atoms with E-state index in [4.69, 9.17) is 11.6 Å². The van der Waals surface area contributed by atoms with Crippen LogP contribution in [0.5, 0.6) is 0 Å². The van der Waals surface area contributed by atoms with Crippen LogP contribution in [-0.2, 0) is 4.79 Å². The Bertz CT molecular complexity index is 620. The largest absolute Gasteiger partial charge is 0.479 e. The molecule has 2 rings (SSSR count). The first-order valence-electron chi connectivity index (χ1n) is 6.30. The molecular formula is C16H16ClNO2. The number of nitrogens with one attached hydrogen (secondary N) is 1. The lowest BCUT2D eigenvalue weighted by Crippen LogP contribution is -2.21. The van der Waals surface area contributed by atoms with Crippen molar-refractivity contribution in [2.75, 3.05) is 5.32 Å². The average molecular weight is 290 g/mol. The summed E-state index contributed by atoms with van der Waals surface area (Å²) < 4.78 is 0. The zero-order valence-electron chi connectivity index (χ0n) is 11.4. The molecule has 2 aromatic carbocycles. The molecule has 0 radical (unpaired) electrons. The van der Waals surface area contributed by atoms with Crippen LogP contribution >= 0.6 is 11.6 Å². The summed E-state index contributed by atoms with van der Waals surface area (Å²) in [5, 5.41) is 13.0. The number of aryl methyl sites for hydroxylation is 2. The molecule has 3 nitrogen and oxygen atoms in total. The lowest BCUT2D eigenvalue weighted by molar-refractivity contribution is -0.138. The second kappa shape index (κ2) is 5.97. The van der Waals surface area contributed by atoms with Gasteiger partial charge in [-0.15, -0.1) is 0 Å². The Morgan fingerprint density at radius 1 is 1.20 bits per heavy atom. The highest BCUT2D eigenvalue weighted by atomic mass is 35.5. The van der Waals surface area contributed by atoms with E-state index in [1.165, 1.54) is 0 Å². The second-order valence-corrected chi connectivity index (χ2v) is 5.17. The van der Waals surface area contributed by atoms with Gasteiger partial charge in [-0.1, -0.05) is 53.6 Å². The number of carboxylic acids is 1. The summed E-state index contributed by atoms with van der Waals surface area (Å²) in [6, 6.07) is 12.1. The Morgan fingerprint density at radius 3 is 2.50 bits per heavy atom. The van der Waals surface area contributed by atoms with Gasteiger partial charge in [0.15, 0.2) is 6.04 Å². The van der Waals surface area contributed by atoms with Crippen molar-refractivity contribution in [1.82, 2.24) is 0 Å². The number of anilines is 1. The van der Waals surface area contributed by atoms with Crippen molar-refractivity contribution in [3.8, 4) is 0 Å². The van der Waals surface area contributed by atoms with E-state index in [1.54, 1.807) is 12.1 Å². The van der Waals surface area contributed by atoms with E-state index < -0.39 is 12.0 Å². The van der Waals surface area contributed by atoms with Crippen molar-refractivity contribution < 1.29 is 9.90 Å². The van der Waals surface area contributed by atoms with E-state index in [0.29, 0.717) is 16.3 Å². The summed E-state index contributed by atoms with van der Waals surface area (Å²) in [5.41, 5.74) is 3.29. The topological polar surface area (TPSA) is 49.3 Å². The zero-order chi connectivity index (χ0) is 14.7. The number of aliphatic carboxylic acids is 1. The van der Waals surface area contributed by atoms with Gasteiger partial charge in [-0.3, -0.25) is 0 Å². The lowest BCUT2D eigenvalue weighted by atomic mass is 10.0. The molecule has 0 aromatic heterocycles. The lowest BCUT2D eigenvalue weighted by Gasteiger charge is -2.19. The first-order valence-corrected chi connectivity index (χ1v) is 6.68. The third kappa shape index (κ3) is 3.11. The summed E-state index contributed by atoms with van der Waals surface area (Å²) in [6.07, 6.45) is 0. The van der Waals surface area contributed by atoms with Crippen molar-refractivity contribution in [2.45, 2.75) is 19.9 Å². The number of carbonyl (C=O) groups is 1. The molecule has 0 amide bonds. The quantitative estimate of drug-likeness (QED) is 0.887. The third-order valence-electron chi connectivity index (χ3n) is 3.13. The Morgan fingerprint density at radius 2 is 1.90 bits per heavy atom. The van der Waals surface area contributed by atoms with Gasteiger partial charge in [-0.05, 0) is 31.0 Å². The average Bonchev–Trinajstić information content (AvgIpc) is 2.38. The van der Waals surface area contributed by atoms with Crippen molar-refractivity contribution in [2.24, 2.45) is 0 Å². The maximum Gasteiger partial charge on any atom is 0.330 e. The fraction of sp³-hybridized carbons (Fsp3) is 0.188. The minimum absolute atomic E-state index is 0.518. The molecule has 0 saturated carbocycles. The molecule has 0 fully saturated rings. The SMILES string of the molecule is Cc1cccc(C(Nc2c(C)cccc2Cl)C(=O)O)c1. The normalized spacial score (nSPS) is 11.9. The van der Waals surface area contributed by atoms with Crippen molar-refractivity contribution >= 4 is 23.3 Å². The van der Waals surface area contributed by atoms with E-state index in [1.807, 2.05) is 44.2 Å². The maximum absolute atomic E-state index is 11.5. The number of para-hydroxylation sites is 1. The predicted molar refractivity (Wildman–Crippen MR) is 81.4 cm³/mol. The van der Waals surface area contributed by atoms with Crippen LogP contribution in [0.3, 0.4) is 0 Å². The summed E-state index contributed by atoms with van der Waals surface area (Å²) >= 11 is 6.14. The van der Waals surface area contributed by atoms with Crippen LogP contribution in [0.15, 0.2) is 42.5 Å². The van der Waals surface area contributed by atoms with Crippen molar-refractivity contribution in [1.29, 1.82) is 0 Å². The molecule has 1 atom stereocenters. The van der Waals surface area contributed by atoms with Crippen LogP contribution in [0.25, 0.3) is 0 Å². The van der Waals surface area contributed by atoms with Gasteiger partial charge >= 0.3 is 5.97 Å². The first-order chi connectivity index (χ1) is 9.49. The van der Waals surface area contributed by atoms with Gasteiger partial charge in [0, 0.05) is 0 Å². The number of halogens is 1. The molecule has 0 aliphatic rings. The highest BCUT2D eigenvalue weighted by molar-refractivity contribution is 6.33. The van der Waals surface area contributed by atoms with Crippen LogP contribution in [0, 0.1) is 13.8 Å². The highest BCUT2D eigenvalue weighted by Crippen LogP contribution is 2.29. The number of carboxylic acid groups (broad SMARTS) is 1. The molecule has 0 spiro atoms. The van der Waals surface area contributed by atoms with E-state index in [2.05, 4.69) is 5.32 Å². The number of benzene rings is 2. The fourth-order valence-corrected chi connectivity index (χ4v) is 2.37. The standard InChI is InChI=1S/C16H16ClNO2/c1-10-5-3-7-12(9-10)15(16(19)20)18-14-11(2)6-4-8-13(14)17/h3-9,15,18H,1-2H3,(H,19,20). The highest BCUT2D eigenvalue weighted by Gasteiger charge is 2.21. The molecule has 0 bridgehead atoms. The van der Waals surface area contributed by atoms with Crippen molar-refractivity contribution in [3.05, 3.63) is 64.2 Å². The van der Waals surface area contributed by atoms with Crippen LogP contribution in [0.1, 0.15) is 22.7 Å². The van der Waals surface area contributed by atoms with Crippen LogP contribution < -0.4 is 5.32 Å². The second-order valence-electron chi connectivity index (χ2n) is 4.76. The van der Waals surface area contributed by atoms with Crippen LogP contribution in [0.2, 0.25) is 5.02 Å². The van der Waals surface area contributed by atoms with Gasteiger partial charge in [0.25, 0.3) is 0 Å². The van der Waals surface area contributed by atoms with E-state index in [-0.39, 0.29) is 0 Å². The van der Waals surface area contributed by atoms with E-state index >= 15 is 0 Å². The Hall–Kier alpha value is -2.00. The first kappa shape index (κ1) is 14.4. The Labute approximate surface area is 123 Å². The molecule has 4 heteroatoms. The molecule has 0 aliphatic carbocycles. The van der Waals surface area contributed by atoms with Gasteiger partial charge in [-0.25, -0.2) is 4.79 Å². The predicted octanol–water partition coefficient (Wildman–Crippen LogP) is 4.19. The van der Waals surface area contributed by atoms with E-state index in [0.717, 1.165) is 11.1 Å². The maximum atomic E-state index is 11.5. The summed E-state index contributed by atoms with van der Waals surface area (Å²) in [6.45, 7) is 3.83. The smallest absolute Gasteiger partial charge is 0.330 e. The van der Waals surface area contributed by atoms with Gasteiger partial charge in [0.1, 0.15) is 0 Å². The van der Waals surface area contributed by atoms with Gasteiger partial charge < -0.3 is 10.4 Å². The number of hydrogen-bond donors (Lipinski definition) is 2. The summed E-state index contributed by atoms with van der Waals surface area (Å²) in [7, 11) is 0. The molecule has 0 saturated heterocycles. The molecule has 2 aromatic rings. The van der Waals surface area contributed by atoms with Gasteiger partial charge in [0.05, 0.1) is 10.7 Å². The third-order valence-corrected chi connectivity index (χ3v) is 3.45. The van der Waals surface area contributed by atoms with Crippen LogP contribution in [0.4, 0.5) is 5.69 Å². The minimum Gasteiger partial charge on any atom is -0.479 e. The Balaban J connectivity index is 2.38. The molecular weight excluding hydrogens is 274 g/mol. The monoisotopic (exact) mass is 289 g/mol. The molecule has 2 N–H and O–H groups in total. The van der Waals surface area contributed by atoms with Gasteiger partial charge in [-0.2, -0.15) is 0 Å². The molecule has 0 aliphatic heterocycles. The molecule has 1 unspecified atom stereocenters. The summed E-state index contributed by atoms with van der Waals surface area (Å²) in [5.74, 6) is -0.935. The number of rotatable bonds is 4. The molecule has 0 heterocycles. The summed E-state index contributed by atoms with van der Waals surface area (Å²) in [4.78, 5) is 11.5. The molecule has 104 valence electrons.